The molecule has 24 heavy (non-hydrogen) atoms. The minimum Gasteiger partial charge on any atom is -0.497 e. The normalized spacial score (nSPS) is 17.2. The lowest BCUT2D eigenvalue weighted by Crippen LogP contribution is -2.40. The lowest BCUT2D eigenvalue weighted by Gasteiger charge is -2.13. The summed E-state index contributed by atoms with van der Waals surface area (Å²) in [7, 11) is -1.99. The van der Waals surface area contributed by atoms with Crippen LogP contribution in [0.3, 0.4) is 0 Å². The van der Waals surface area contributed by atoms with E-state index in [0.29, 0.717) is 6.42 Å². The van der Waals surface area contributed by atoms with E-state index in [1.54, 1.807) is 31.4 Å². The summed E-state index contributed by atoms with van der Waals surface area (Å²) in [5.74, 6) is 0.735. The van der Waals surface area contributed by atoms with Crippen LogP contribution in [0.15, 0.2) is 58.5 Å². The predicted octanol–water partition coefficient (Wildman–Crippen LogP) is 2.01. The van der Waals surface area contributed by atoms with Crippen LogP contribution >= 0.6 is 0 Å². The molecular formula is C17H19N3O3S. The summed E-state index contributed by atoms with van der Waals surface area (Å²) in [6.45, 7) is 1.91. The summed E-state index contributed by atoms with van der Waals surface area (Å²) in [5, 5.41) is 4.24. The summed E-state index contributed by atoms with van der Waals surface area (Å²) in [4.78, 5) is 0.240. The molecule has 6 nitrogen and oxygen atoms in total. The minimum atomic E-state index is -3.59. The lowest BCUT2D eigenvalue weighted by atomic mass is 10.1. The van der Waals surface area contributed by atoms with Crippen LogP contribution in [0, 0.1) is 6.92 Å². The van der Waals surface area contributed by atoms with Gasteiger partial charge in [-0.25, -0.2) is 8.42 Å². The predicted molar refractivity (Wildman–Crippen MR) is 92.6 cm³/mol. The molecule has 0 saturated carbocycles. The standard InChI is InChI=1S/C17H19N3O3S/c1-12-6-8-15(9-7-12)24(21,22)20-17-11-16(18-19-17)13-4-3-5-14(10-13)23-2/h3-10,17,19-20H,11H2,1-2H3. The van der Waals surface area contributed by atoms with Gasteiger partial charge in [0.1, 0.15) is 11.9 Å². The Kier molecular flexibility index (Phi) is 4.55. The number of hydrazone groups is 1. The van der Waals surface area contributed by atoms with Gasteiger partial charge in [0.15, 0.2) is 0 Å². The van der Waals surface area contributed by atoms with Gasteiger partial charge in [0.05, 0.1) is 17.7 Å². The first-order chi connectivity index (χ1) is 11.5. The van der Waals surface area contributed by atoms with Gasteiger partial charge in [0.2, 0.25) is 10.0 Å². The Morgan fingerprint density at radius 1 is 1.21 bits per heavy atom. The van der Waals surface area contributed by atoms with Crippen LogP contribution < -0.4 is 14.9 Å². The highest BCUT2D eigenvalue weighted by atomic mass is 32.2. The second kappa shape index (κ2) is 6.62. The van der Waals surface area contributed by atoms with E-state index in [4.69, 9.17) is 4.74 Å². The van der Waals surface area contributed by atoms with Gasteiger partial charge in [-0.2, -0.15) is 9.82 Å². The third-order valence-electron chi connectivity index (χ3n) is 3.78. The van der Waals surface area contributed by atoms with Gasteiger partial charge in [0.25, 0.3) is 0 Å². The number of hydrogen-bond acceptors (Lipinski definition) is 5. The molecule has 2 aromatic rings. The third-order valence-corrected chi connectivity index (χ3v) is 5.27. The van der Waals surface area contributed by atoms with Crippen LogP contribution in [0.1, 0.15) is 17.5 Å². The molecule has 0 saturated heterocycles. The van der Waals surface area contributed by atoms with Gasteiger partial charge in [-0.1, -0.05) is 29.8 Å². The van der Waals surface area contributed by atoms with E-state index in [1.807, 2.05) is 31.2 Å². The van der Waals surface area contributed by atoms with Crippen LogP contribution in [-0.2, 0) is 10.0 Å². The summed E-state index contributed by atoms with van der Waals surface area (Å²) >= 11 is 0. The first-order valence-electron chi connectivity index (χ1n) is 7.53. The Morgan fingerprint density at radius 3 is 2.67 bits per heavy atom. The van der Waals surface area contributed by atoms with Gasteiger partial charge in [-0.15, -0.1) is 0 Å². The van der Waals surface area contributed by atoms with E-state index >= 15 is 0 Å². The molecule has 0 fully saturated rings. The zero-order valence-electron chi connectivity index (χ0n) is 13.5. The van der Waals surface area contributed by atoms with Crippen molar-refractivity contribution in [3.05, 3.63) is 59.7 Å². The van der Waals surface area contributed by atoms with Crippen LogP contribution in [0.2, 0.25) is 0 Å². The van der Waals surface area contributed by atoms with Crippen LogP contribution in [0.4, 0.5) is 0 Å². The molecule has 2 N–H and O–H groups in total. The van der Waals surface area contributed by atoms with E-state index in [-0.39, 0.29) is 4.90 Å². The highest BCUT2D eigenvalue weighted by Gasteiger charge is 2.25. The van der Waals surface area contributed by atoms with Gasteiger partial charge in [-0.3, -0.25) is 5.43 Å². The van der Waals surface area contributed by atoms with Crippen molar-refractivity contribution in [2.45, 2.75) is 24.4 Å². The second-order valence-electron chi connectivity index (χ2n) is 5.61. The summed E-state index contributed by atoms with van der Waals surface area (Å²) in [6, 6.07) is 14.2. The molecule has 0 aromatic heterocycles. The Hall–Kier alpha value is -2.38. The van der Waals surface area contributed by atoms with Crippen molar-refractivity contribution < 1.29 is 13.2 Å². The lowest BCUT2D eigenvalue weighted by molar-refractivity contribution is 0.414. The highest BCUT2D eigenvalue weighted by molar-refractivity contribution is 7.89. The number of ether oxygens (including phenoxy) is 1. The molecule has 0 spiro atoms. The number of nitrogens with zero attached hydrogens (tertiary/aromatic N) is 1. The monoisotopic (exact) mass is 345 g/mol. The molecular weight excluding hydrogens is 326 g/mol. The molecule has 1 unspecified atom stereocenters. The Labute approximate surface area is 141 Å². The molecule has 3 rings (SSSR count). The summed E-state index contributed by atoms with van der Waals surface area (Å²) < 4.78 is 32.7. The van der Waals surface area contributed by atoms with Gasteiger partial charge in [0, 0.05) is 12.0 Å². The maximum absolute atomic E-state index is 12.4. The number of sulfonamides is 1. The summed E-state index contributed by atoms with van der Waals surface area (Å²) in [5.41, 5.74) is 5.53. The quantitative estimate of drug-likeness (QED) is 0.869. The van der Waals surface area contributed by atoms with E-state index in [0.717, 1.165) is 22.6 Å². The van der Waals surface area contributed by atoms with Gasteiger partial charge < -0.3 is 4.74 Å². The van der Waals surface area contributed by atoms with Crippen molar-refractivity contribution >= 4 is 15.7 Å². The van der Waals surface area contributed by atoms with Crippen LogP contribution in [0.25, 0.3) is 0 Å². The molecule has 7 heteroatoms. The zero-order valence-corrected chi connectivity index (χ0v) is 14.3. The number of nitrogens with one attached hydrogen (secondary N) is 2. The van der Waals surface area contributed by atoms with Crippen molar-refractivity contribution in [3.63, 3.8) is 0 Å². The fourth-order valence-corrected chi connectivity index (χ4v) is 3.61. The molecule has 0 radical (unpaired) electrons. The van der Waals surface area contributed by atoms with Crippen molar-refractivity contribution in [3.8, 4) is 5.75 Å². The van der Waals surface area contributed by atoms with E-state index < -0.39 is 16.2 Å². The molecule has 2 aromatic carbocycles. The molecule has 126 valence electrons. The Bertz CT molecular complexity index is 861. The molecule has 1 heterocycles. The largest absolute Gasteiger partial charge is 0.497 e. The average molecular weight is 345 g/mol. The van der Waals surface area contributed by atoms with Crippen molar-refractivity contribution in [2.75, 3.05) is 7.11 Å². The van der Waals surface area contributed by atoms with Crippen molar-refractivity contribution in [2.24, 2.45) is 5.10 Å². The van der Waals surface area contributed by atoms with Crippen LogP contribution in [0.5, 0.6) is 5.75 Å². The first kappa shape index (κ1) is 16.5. The zero-order chi connectivity index (χ0) is 17.2. The number of methoxy groups -OCH3 is 1. The second-order valence-corrected chi connectivity index (χ2v) is 7.32. The van der Waals surface area contributed by atoms with Crippen LogP contribution in [-0.4, -0.2) is 27.4 Å². The maximum atomic E-state index is 12.4. The van der Waals surface area contributed by atoms with Gasteiger partial charge in [-0.05, 0) is 31.2 Å². The average Bonchev–Trinajstić information content (AvgIpc) is 3.03. The SMILES string of the molecule is COc1cccc(C2=NNC(NS(=O)(=O)c3ccc(C)cc3)C2)c1. The molecule has 1 atom stereocenters. The van der Waals surface area contributed by atoms with Gasteiger partial charge >= 0.3 is 0 Å². The van der Waals surface area contributed by atoms with E-state index in [2.05, 4.69) is 15.2 Å². The van der Waals surface area contributed by atoms with Crippen molar-refractivity contribution in [1.82, 2.24) is 10.1 Å². The number of aryl methyl sites for hydroxylation is 1. The minimum absolute atomic E-state index is 0.240. The molecule has 0 aliphatic carbocycles. The highest BCUT2D eigenvalue weighted by Crippen LogP contribution is 2.18. The van der Waals surface area contributed by atoms with E-state index in [1.165, 1.54) is 0 Å². The maximum Gasteiger partial charge on any atom is 0.242 e. The molecule has 1 aliphatic heterocycles. The Balaban J connectivity index is 1.69. The molecule has 0 amide bonds. The van der Waals surface area contributed by atoms with Crippen molar-refractivity contribution in [1.29, 1.82) is 0 Å². The molecule has 1 aliphatic rings. The topological polar surface area (TPSA) is 79.8 Å². The fourth-order valence-electron chi connectivity index (χ4n) is 2.47. The Morgan fingerprint density at radius 2 is 1.96 bits per heavy atom. The number of hydrogen-bond donors (Lipinski definition) is 2. The fraction of sp³-hybridized carbons (Fsp3) is 0.235. The van der Waals surface area contributed by atoms with E-state index in [9.17, 15) is 8.42 Å². The smallest absolute Gasteiger partial charge is 0.242 e. The first-order valence-corrected chi connectivity index (χ1v) is 9.02. The molecule has 0 bridgehead atoms. The summed E-state index contributed by atoms with van der Waals surface area (Å²) in [6.07, 6.45) is -0.0179. The third kappa shape index (κ3) is 3.58. The number of benzene rings is 2. The number of rotatable bonds is 5.